The molecule has 5 nitrogen and oxygen atoms in total. The van der Waals surface area contributed by atoms with Crippen LogP contribution in [0.3, 0.4) is 0 Å². The van der Waals surface area contributed by atoms with E-state index in [0.29, 0.717) is 18.5 Å². The van der Waals surface area contributed by atoms with Gasteiger partial charge in [-0.15, -0.1) is 0 Å². The van der Waals surface area contributed by atoms with Crippen molar-refractivity contribution in [2.75, 3.05) is 6.61 Å². The Morgan fingerprint density at radius 2 is 2.33 bits per heavy atom. The first kappa shape index (κ1) is 11.6. The highest BCUT2D eigenvalue weighted by Crippen LogP contribution is 2.37. The highest BCUT2D eigenvalue weighted by atomic mass is 16.5. The summed E-state index contributed by atoms with van der Waals surface area (Å²) in [5.74, 6) is 0.559. The summed E-state index contributed by atoms with van der Waals surface area (Å²) < 4.78 is 7.83. The van der Waals surface area contributed by atoms with E-state index in [4.69, 9.17) is 10.1 Å². The van der Waals surface area contributed by atoms with Crippen LogP contribution in [0.2, 0.25) is 0 Å². The van der Waals surface area contributed by atoms with Crippen LogP contribution in [-0.4, -0.2) is 28.9 Å². The molecule has 18 heavy (non-hydrogen) atoms. The van der Waals surface area contributed by atoms with E-state index in [2.05, 4.69) is 23.0 Å². The Kier molecular flexibility index (Phi) is 2.99. The highest BCUT2D eigenvalue weighted by molar-refractivity contribution is 5.85. The zero-order valence-electron chi connectivity index (χ0n) is 10.4. The quantitative estimate of drug-likeness (QED) is 0.657. The summed E-state index contributed by atoms with van der Waals surface area (Å²) in [6.45, 7) is 4.12. The third-order valence-electron chi connectivity index (χ3n) is 3.76. The number of amidine groups is 1. The molecule has 2 heterocycles. The molecule has 0 bridgehead atoms. The Morgan fingerprint density at radius 3 is 3.06 bits per heavy atom. The van der Waals surface area contributed by atoms with E-state index in [1.807, 2.05) is 10.9 Å². The molecule has 1 saturated heterocycles. The Morgan fingerprint density at radius 1 is 1.50 bits per heavy atom. The second-order valence-electron chi connectivity index (χ2n) is 5.11. The third-order valence-corrected chi connectivity index (χ3v) is 3.76. The van der Waals surface area contributed by atoms with E-state index in [1.54, 1.807) is 0 Å². The van der Waals surface area contributed by atoms with Crippen LogP contribution in [0.15, 0.2) is 17.4 Å². The smallest absolute Gasteiger partial charge is 0.123 e. The van der Waals surface area contributed by atoms with Gasteiger partial charge < -0.3 is 4.74 Å². The molecular weight excluding hydrogens is 228 g/mol. The number of nitrogens with one attached hydrogen (secondary N) is 1. The van der Waals surface area contributed by atoms with Crippen LogP contribution in [0.1, 0.15) is 43.4 Å². The van der Waals surface area contributed by atoms with Crippen molar-refractivity contribution >= 4 is 12.6 Å². The van der Waals surface area contributed by atoms with Gasteiger partial charge in [0.1, 0.15) is 5.84 Å². The second kappa shape index (κ2) is 4.65. The van der Waals surface area contributed by atoms with Gasteiger partial charge in [-0.2, -0.15) is 5.10 Å². The van der Waals surface area contributed by atoms with Gasteiger partial charge in [-0.05, 0) is 32.4 Å². The summed E-state index contributed by atoms with van der Waals surface area (Å²) >= 11 is 0. The van der Waals surface area contributed by atoms with Crippen molar-refractivity contribution in [2.24, 2.45) is 10.9 Å². The van der Waals surface area contributed by atoms with Gasteiger partial charge in [0, 0.05) is 24.3 Å². The number of rotatable bonds is 3. The highest BCUT2D eigenvalue weighted by Gasteiger charge is 2.29. The van der Waals surface area contributed by atoms with E-state index >= 15 is 0 Å². The number of aliphatic imine (C=N–C) groups is 1. The van der Waals surface area contributed by atoms with Gasteiger partial charge in [-0.3, -0.25) is 10.1 Å². The predicted octanol–water partition coefficient (Wildman–Crippen LogP) is 2.36. The lowest BCUT2D eigenvalue weighted by Crippen LogP contribution is -2.24. The molecule has 0 aromatic carbocycles. The lowest BCUT2D eigenvalue weighted by atomic mass is 9.92. The van der Waals surface area contributed by atoms with Gasteiger partial charge in [-0.1, -0.05) is 0 Å². The third kappa shape index (κ3) is 2.22. The minimum atomic E-state index is 0.0540. The van der Waals surface area contributed by atoms with E-state index in [1.165, 1.54) is 12.8 Å². The molecule has 1 N–H and O–H groups in total. The molecular formula is C13H18N4O. The Balaban J connectivity index is 1.70. The van der Waals surface area contributed by atoms with Gasteiger partial charge >= 0.3 is 0 Å². The van der Waals surface area contributed by atoms with E-state index in [0.717, 1.165) is 18.4 Å². The average molecular weight is 246 g/mol. The zero-order chi connectivity index (χ0) is 12.5. The maximum Gasteiger partial charge on any atom is 0.123 e. The standard InChI is InChI=1S/C13H18N4O/c1-15-13(14)9-4-5-18-12(6-9)10-7-16-17(8-10)11-2-3-11/h7-9,11-12,14H,1-6H2/t9-,12+/m0/s1. The predicted molar refractivity (Wildman–Crippen MR) is 69.2 cm³/mol. The Bertz CT molecular complexity index is 463. The molecule has 96 valence electrons. The van der Waals surface area contributed by atoms with Crippen molar-refractivity contribution in [3.63, 3.8) is 0 Å². The first-order valence-corrected chi connectivity index (χ1v) is 6.48. The fraction of sp³-hybridized carbons (Fsp3) is 0.615. The molecule has 2 fully saturated rings. The largest absolute Gasteiger partial charge is 0.373 e. The lowest BCUT2D eigenvalue weighted by molar-refractivity contribution is 0.00251. The first-order valence-electron chi connectivity index (χ1n) is 6.48. The van der Waals surface area contributed by atoms with Gasteiger partial charge in [0.25, 0.3) is 0 Å². The van der Waals surface area contributed by atoms with Crippen molar-refractivity contribution in [2.45, 2.75) is 37.8 Å². The number of nitrogens with zero attached hydrogens (tertiary/aromatic N) is 3. The molecule has 5 heteroatoms. The van der Waals surface area contributed by atoms with Gasteiger partial charge in [-0.25, -0.2) is 4.99 Å². The van der Waals surface area contributed by atoms with E-state index in [-0.39, 0.29) is 12.0 Å². The van der Waals surface area contributed by atoms with Gasteiger partial charge in [0.15, 0.2) is 0 Å². The van der Waals surface area contributed by atoms with Crippen LogP contribution in [0.4, 0.5) is 0 Å². The molecule has 0 unspecified atom stereocenters. The van der Waals surface area contributed by atoms with E-state index in [9.17, 15) is 0 Å². The SMILES string of the molecule is C=NC(=N)[C@H]1CCO[C@@H](c2cnn(C3CC3)c2)C1. The van der Waals surface area contributed by atoms with Crippen LogP contribution in [0.5, 0.6) is 0 Å². The summed E-state index contributed by atoms with van der Waals surface area (Å²) in [5.41, 5.74) is 1.13. The Hall–Kier alpha value is -1.49. The van der Waals surface area contributed by atoms with Crippen molar-refractivity contribution in [3.8, 4) is 0 Å². The molecule has 1 aromatic heterocycles. The maximum absolute atomic E-state index is 7.76. The fourth-order valence-electron chi connectivity index (χ4n) is 2.46. The molecule has 0 amide bonds. The summed E-state index contributed by atoms with van der Waals surface area (Å²) in [5, 5.41) is 12.2. The normalized spacial score (nSPS) is 28.0. The molecule has 1 aliphatic heterocycles. The average Bonchev–Trinajstić information content (AvgIpc) is 3.15. The summed E-state index contributed by atoms with van der Waals surface area (Å²) in [6.07, 6.45) is 8.20. The van der Waals surface area contributed by atoms with Gasteiger partial charge in [0.05, 0.1) is 18.3 Å². The molecule has 2 aliphatic rings. The molecule has 1 aromatic rings. The molecule has 3 rings (SSSR count). The summed E-state index contributed by atoms with van der Waals surface area (Å²) in [6, 6.07) is 0.603. The summed E-state index contributed by atoms with van der Waals surface area (Å²) in [4.78, 5) is 3.74. The van der Waals surface area contributed by atoms with Crippen molar-refractivity contribution in [1.29, 1.82) is 5.41 Å². The van der Waals surface area contributed by atoms with Crippen molar-refractivity contribution in [1.82, 2.24) is 9.78 Å². The molecule has 1 aliphatic carbocycles. The summed E-state index contributed by atoms with van der Waals surface area (Å²) in [7, 11) is 0. The minimum Gasteiger partial charge on any atom is -0.373 e. The molecule has 0 spiro atoms. The minimum absolute atomic E-state index is 0.0540. The molecule has 1 saturated carbocycles. The Labute approximate surface area is 106 Å². The van der Waals surface area contributed by atoms with Crippen LogP contribution >= 0.6 is 0 Å². The van der Waals surface area contributed by atoms with Crippen LogP contribution in [0.25, 0.3) is 0 Å². The van der Waals surface area contributed by atoms with Crippen LogP contribution < -0.4 is 0 Å². The lowest BCUT2D eigenvalue weighted by Gasteiger charge is -2.28. The van der Waals surface area contributed by atoms with Crippen molar-refractivity contribution in [3.05, 3.63) is 18.0 Å². The number of hydrogen-bond acceptors (Lipinski definition) is 3. The first-order chi connectivity index (χ1) is 8.78. The van der Waals surface area contributed by atoms with Crippen LogP contribution in [0, 0.1) is 11.3 Å². The van der Waals surface area contributed by atoms with Crippen molar-refractivity contribution < 1.29 is 4.74 Å². The fourth-order valence-corrected chi connectivity index (χ4v) is 2.46. The zero-order valence-corrected chi connectivity index (χ0v) is 10.4. The maximum atomic E-state index is 7.76. The number of ether oxygens (including phenoxy) is 1. The monoisotopic (exact) mass is 246 g/mol. The van der Waals surface area contributed by atoms with E-state index < -0.39 is 0 Å². The molecule has 2 atom stereocenters. The molecule has 0 radical (unpaired) electrons. The topological polar surface area (TPSA) is 63.3 Å². The number of hydrogen-bond donors (Lipinski definition) is 1. The second-order valence-corrected chi connectivity index (χ2v) is 5.11. The number of aromatic nitrogens is 2. The van der Waals surface area contributed by atoms with Gasteiger partial charge in [0.2, 0.25) is 0 Å². The van der Waals surface area contributed by atoms with Crippen LogP contribution in [-0.2, 0) is 4.74 Å².